The van der Waals surface area contributed by atoms with Gasteiger partial charge < -0.3 is 5.32 Å². The van der Waals surface area contributed by atoms with E-state index in [1.165, 1.54) is 4.31 Å². The van der Waals surface area contributed by atoms with Gasteiger partial charge in [-0.05, 0) is 34.0 Å². The van der Waals surface area contributed by atoms with E-state index >= 15 is 0 Å². The number of fused-ring (bicyclic) bond motifs is 1. The topological polar surface area (TPSA) is 83.6 Å². The molecule has 8 heteroatoms. The number of sulfone groups is 1. The number of sulfonamides is 1. The van der Waals surface area contributed by atoms with Crippen LogP contribution < -0.4 is 5.32 Å². The van der Waals surface area contributed by atoms with Gasteiger partial charge in [-0.15, -0.1) is 0 Å². The molecule has 1 aliphatic rings. The molecular weight excluding hydrogens is 492 g/mol. The molecule has 0 amide bonds. The van der Waals surface area contributed by atoms with E-state index in [0.717, 1.165) is 21.9 Å². The summed E-state index contributed by atoms with van der Waals surface area (Å²) >= 11 is 0. The molecule has 0 bridgehead atoms. The molecule has 0 radical (unpaired) electrons. The van der Waals surface area contributed by atoms with Crippen molar-refractivity contribution in [2.75, 3.05) is 11.5 Å². The first-order valence-corrected chi connectivity index (χ1v) is 15.1. The van der Waals surface area contributed by atoms with E-state index in [2.05, 4.69) is 5.32 Å². The largest absolute Gasteiger partial charge is 0.307 e. The van der Waals surface area contributed by atoms with Crippen LogP contribution in [-0.2, 0) is 33.0 Å². The van der Waals surface area contributed by atoms with Crippen LogP contribution in [0.2, 0.25) is 0 Å². The standard InChI is InChI=1S/C28H28N2O4S2/c31-35(32)20-27(29-18-22-9-3-1-4-10-22)28(21-35)30(19-23-11-5-2-6-12-23)36(33,34)26-16-15-24-13-7-8-14-25(24)17-26/h1-17,27-29H,18-21H2/t27-,28-/m1/s1. The second-order valence-electron chi connectivity index (χ2n) is 9.16. The van der Waals surface area contributed by atoms with Crippen molar-refractivity contribution in [2.24, 2.45) is 0 Å². The molecule has 0 unspecified atom stereocenters. The molecule has 5 rings (SSSR count). The zero-order valence-corrected chi connectivity index (χ0v) is 21.3. The summed E-state index contributed by atoms with van der Waals surface area (Å²) in [5.74, 6) is -0.331. The van der Waals surface area contributed by atoms with Crippen molar-refractivity contribution in [2.45, 2.75) is 30.1 Å². The van der Waals surface area contributed by atoms with Crippen molar-refractivity contribution < 1.29 is 16.8 Å². The fraction of sp³-hybridized carbons (Fsp3) is 0.214. The third-order valence-electron chi connectivity index (χ3n) is 6.61. The summed E-state index contributed by atoms with van der Waals surface area (Å²) in [6.07, 6.45) is 0. The van der Waals surface area contributed by atoms with Gasteiger partial charge in [-0.1, -0.05) is 91.0 Å². The molecule has 1 saturated heterocycles. The van der Waals surface area contributed by atoms with Gasteiger partial charge in [0.05, 0.1) is 22.4 Å². The Kier molecular flexibility index (Phi) is 6.94. The van der Waals surface area contributed by atoms with Gasteiger partial charge in [0.2, 0.25) is 10.0 Å². The van der Waals surface area contributed by atoms with Gasteiger partial charge >= 0.3 is 0 Å². The van der Waals surface area contributed by atoms with Crippen LogP contribution in [0.4, 0.5) is 0 Å². The van der Waals surface area contributed by atoms with Crippen molar-refractivity contribution in [1.29, 1.82) is 0 Å². The predicted molar refractivity (Wildman–Crippen MR) is 143 cm³/mol. The second-order valence-corrected chi connectivity index (χ2v) is 13.2. The zero-order chi connectivity index (χ0) is 25.2. The lowest BCUT2D eigenvalue weighted by molar-refractivity contribution is 0.286. The van der Waals surface area contributed by atoms with E-state index < -0.39 is 31.9 Å². The average molecular weight is 521 g/mol. The van der Waals surface area contributed by atoms with Crippen LogP contribution in [0.3, 0.4) is 0 Å². The van der Waals surface area contributed by atoms with Crippen molar-refractivity contribution >= 4 is 30.6 Å². The van der Waals surface area contributed by atoms with Gasteiger partial charge in [0.25, 0.3) is 0 Å². The molecule has 0 spiro atoms. The van der Waals surface area contributed by atoms with E-state index in [0.29, 0.717) is 6.54 Å². The fourth-order valence-corrected chi connectivity index (χ4v) is 8.49. The SMILES string of the molecule is O=S1(=O)C[C@@H](N(Cc2ccccc2)S(=O)(=O)c2ccc3ccccc3c2)[C@H](NCc2ccccc2)C1. The van der Waals surface area contributed by atoms with Gasteiger partial charge in [-0.3, -0.25) is 0 Å². The van der Waals surface area contributed by atoms with Crippen LogP contribution in [0.25, 0.3) is 10.8 Å². The molecule has 4 aromatic rings. The Morgan fingerprint density at radius 3 is 2.06 bits per heavy atom. The zero-order valence-electron chi connectivity index (χ0n) is 19.7. The van der Waals surface area contributed by atoms with E-state index in [9.17, 15) is 16.8 Å². The van der Waals surface area contributed by atoms with Crippen molar-refractivity contribution in [1.82, 2.24) is 9.62 Å². The number of benzene rings is 4. The summed E-state index contributed by atoms with van der Waals surface area (Å²) in [5, 5.41) is 5.10. The highest BCUT2D eigenvalue weighted by atomic mass is 32.2. The lowest BCUT2D eigenvalue weighted by Gasteiger charge is -2.32. The molecule has 1 fully saturated rings. The number of hydrogen-bond acceptors (Lipinski definition) is 5. The van der Waals surface area contributed by atoms with Crippen molar-refractivity contribution in [3.63, 3.8) is 0 Å². The summed E-state index contributed by atoms with van der Waals surface area (Å²) in [4.78, 5) is 0.156. The Bertz CT molecular complexity index is 1560. The highest BCUT2D eigenvalue weighted by molar-refractivity contribution is 7.92. The Morgan fingerprint density at radius 1 is 0.750 bits per heavy atom. The van der Waals surface area contributed by atoms with Crippen LogP contribution in [0.5, 0.6) is 0 Å². The molecule has 186 valence electrons. The highest BCUT2D eigenvalue weighted by Crippen LogP contribution is 2.29. The lowest BCUT2D eigenvalue weighted by atomic mass is 10.1. The Morgan fingerprint density at radius 2 is 1.36 bits per heavy atom. The minimum atomic E-state index is -4.01. The number of rotatable bonds is 8. The summed E-state index contributed by atoms with van der Waals surface area (Å²) in [7, 11) is -7.44. The third-order valence-corrected chi connectivity index (χ3v) is 10.2. The maximum atomic E-state index is 14.1. The van der Waals surface area contributed by atoms with Gasteiger partial charge in [0.1, 0.15) is 0 Å². The molecule has 2 atom stereocenters. The summed E-state index contributed by atoms with van der Waals surface area (Å²) in [5.41, 5.74) is 1.81. The van der Waals surface area contributed by atoms with E-state index in [1.807, 2.05) is 84.9 Å². The van der Waals surface area contributed by atoms with Gasteiger partial charge in [0, 0.05) is 19.1 Å². The van der Waals surface area contributed by atoms with Crippen LogP contribution >= 0.6 is 0 Å². The minimum Gasteiger partial charge on any atom is -0.307 e. The van der Waals surface area contributed by atoms with E-state index in [1.54, 1.807) is 18.2 Å². The quantitative estimate of drug-likeness (QED) is 0.380. The molecule has 1 N–H and O–H groups in total. The fourth-order valence-electron chi connectivity index (χ4n) is 4.76. The van der Waals surface area contributed by atoms with Gasteiger partial charge in [-0.2, -0.15) is 4.31 Å². The second kappa shape index (κ2) is 10.1. The first kappa shape index (κ1) is 24.6. The molecule has 1 aliphatic heterocycles. The number of nitrogens with one attached hydrogen (secondary N) is 1. The first-order chi connectivity index (χ1) is 17.3. The molecule has 36 heavy (non-hydrogen) atoms. The number of hydrogen-bond donors (Lipinski definition) is 1. The molecule has 0 saturated carbocycles. The molecule has 0 aromatic heterocycles. The monoisotopic (exact) mass is 520 g/mol. The Labute approximate surface area is 212 Å². The maximum Gasteiger partial charge on any atom is 0.243 e. The van der Waals surface area contributed by atoms with Crippen LogP contribution in [0, 0.1) is 0 Å². The molecule has 1 heterocycles. The van der Waals surface area contributed by atoms with Gasteiger partial charge in [0.15, 0.2) is 9.84 Å². The average Bonchev–Trinajstić information content (AvgIpc) is 3.20. The highest BCUT2D eigenvalue weighted by Gasteiger charge is 2.45. The summed E-state index contributed by atoms with van der Waals surface area (Å²) in [6.45, 7) is 0.534. The van der Waals surface area contributed by atoms with E-state index in [-0.39, 0.29) is 22.9 Å². The van der Waals surface area contributed by atoms with Crippen LogP contribution in [-0.4, -0.2) is 44.7 Å². The lowest BCUT2D eigenvalue weighted by Crippen LogP contribution is -2.51. The normalized spacial score (nSPS) is 19.6. The number of nitrogens with zero attached hydrogens (tertiary/aromatic N) is 1. The summed E-state index contributed by atoms with van der Waals surface area (Å²) in [6, 6.07) is 30.3. The van der Waals surface area contributed by atoms with E-state index in [4.69, 9.17) is 0 Å². The molecule has 0 aliphatic carbocycles. The minimum absolute atomic E-state index is 0.0830. The molecule has 6 nitrogen and oxygen atoms in total. The predicted octanol–water partition coefficient (Wildman–Crippen LogP) is 3.99. The van der Waals surface area contributed by atoms with Crippen LogP contribution in [0.15, 0.2) is 108 Å². The van der Waals surface area contributed by atoms with Crippen molar-refractivity contribution in [3.05, 3.63) is 114 Å². The first-order valence-electron chi connectivity index (χ1n) is 11.8. The van der Waals surface area contributed by atoms with Crippen LogP contribution in [0.1, 0.15) is 11.1 Å². The van der Waals surface area contributed by atoms with Crippen molar-refractivity contribution in [3.8, 4) is 0 Å². The smallest absolute Gasteiger partial charge is 0.243 e. The Hall–Kier alpha value is -3.04. The molecular formula is C28H28N2O4S2. The maximum absolute atomic E-state index is 14.1. The summed E-state index contributed by atoms with van der Waals surface area (Å²) < 4.78 is 55.2. The van der Waals surface area contributed by atoms with Gasteiger partial charge in [-0.25, -0.2) is 16.8 Å². The molecule has 4 aromatic carbocycles. The Balaban J connectivity index is 1.53. The third kappa shape index (κ3) is 5.37.